The molecule has 0 spiro atoms. The Bertz CT molecular complexity index is 1050. The van der Waals surface area contributed by atoms with Crippen LogP contribution >= 0.6 is 0 Å². The van der Waals surface area contributed by atoms with Crippen molar-refractivity contribution in [3.8, 4) is 5.75 Å². The zero-order valence-electron chi connectivity index (χ0n) is 18.0. The maximum Gasteiger partial charge on any atom is 0.374 e. The van der Waals surface area contributed by atoms with Crippen molar-refractivity contribution in [2.45, 2.75) is 26.9 Å². The Morgan fingerprint density at radius 1 is 0.938 bits per heavy atom. The molecule has 0 unspecified atom stereocenters. The fraction of sp³-hybridized carbons (Fsp3) is 0.240. The average Bonchev–Trinajstić information content (AvgIpc) is 3.26. The molecule has 0 bridgehead atoms. The summed E-state index contributed by atoms with van der Waals surface area (Å²) in [6.07, 6.45) is 0.420. The van der Waals surface area contributed by atoms with Crippen molar-refractivity contribution in [3.63, 3.8) is 0 Å². The molecule has 7 nitrogen and oxygen atoms in total. The van der Waals surface area contributed by atoms with Crippen LogP contribution in [-0.2, 0) is 16.1 Å². The van der Waals surface area contributed by atoms with Gasteiger partial charge in [-0.25, -0.2) is 4.79 Å². The van der Waals surface area contributed by atoms with Gasteiger partial charge in [0.1, 0.15) is 18.1 Å². The van der Waals surface area contributed by atoms with E-state index in [-0.39, 0.29) is 30.0 Å². The van der Waals surface area contributed by atoms with Crippen LogP contribution < -0.4 is 10.1 Å². The molecule has 0 radical (unpaired) electrons. The molecule has 7 heteroatoms. The van der Waals surface area contributed by atoms with Crippen molar-refractivity contribution < 1.29 is 28.3 Å². The number of rotatable bonds is 10. The molecule has 0 saturated heterocycles. The van der Waals surface area contributed by atoms with Crippen molar-refractivity contribution in [1.82, 2.24) is 0 Å². The predicted molar refractivity (Wildman–Crippen MR) is 119 cm³/mol. The van der Waals surface area contributed by atoms with Gasteiger partial charge in [-0.15, -0.1) is 0 Å². The Hall–Kier alpha value is -3.87. The Labute approximate surface area is 186 Å². The third kappa shape index (κ3) is 6.84. The first-order valence-corrected chi connectivity index (χ1v) is 10.3. The molecule has 0 aliphatic rings. The van der Waals surface area contributed by atoms with E-state index in [2.05, 4.69) is 5.32 Å². The van der Waals surface area contributed by atoms with Gasteiger partial charge in [0.2, 0.25) is 11.7 Å². The van der Waals surface area contributed by atoms with Crippen LogP contribution in [0.2, 0.25) is 0 Å². The van der Waals surface area contributed by atoms with Gasteiger partial charge in [-0.1, -0.05) is 32.0 Å². The summed E-state index contributed by atoms with van der Waals surface area (Å²) in [4.78, 5) is 36.3. The van der Waals surface area contributed by atoms with Crippen LogP contribution in [0.4, 0.5) is 5.69 Å². The number of ether oxygens (including phenoxy) is 2. The van der Waals surface area contributed by atoms with Crippen LogP contribution in [0.1, 0.15) is 46.9 Å². The number of benzene rings is 2. The van der Waals surface area contributed by atoms with E-state index in [0.29, 0.717) is 29.2 Å². The van der Waals surface area contributed by atoms with Crippen molar-refractivity contribution in [2.75, 3.05) is 11.9 Å². The summed E-state index contributed by atoms with van der Waals surface area (Å²) in [6.45, 7) is 3.67. The van der Waals surface area contributed by atoms with Crippen molar-refractivity contribution >= 4 is 23.3 Å². The largest absolute Gasteiger partial charge is 0.486 e. The van der Waals surface area contributed by atoms with Crippen molar-refractivity contribution in [3.05, 3.63) is 83.8 Å². The second-order valence-corrected chi connectivity index (χ2v) is 7.59. The van der Waals surface area contributed by atoms with Crippen LogP contribution in [0.3, 0.4) is 0 Å². The smallest absolute Gasteiger partial charge is 0.374 e. The molecule has 0 fully saturated rings. The number of carbonyl (C=O) groups excluding carboxylic acids is 3. The summed E-state index contributed by atoms with van der Waals surface area (Å²) < 4.78 is 16.1. The van der Waals surface area contributed by atoms with Crippen LogP contribution in [-0.4, -0.2) is 24.3 Å². The number of nitrogens with one attached hydrogen (secondary N) is 1. The fourth-order valence-corrected chi connectivity index (χ4v) is 2.84. The molecule has 1 N–H and O–H groups in total. The Kier molecular flexibility index (Phi) is 7.80. The van der Waals surface area contributed by atoms with Crippen molar-refractivity contribution in [1.29, 1.82) is 0 Å². The third-order valence-corrected chi connectivity index (χ3v) is 4.41. The van der Waals surface area contributed by atoms with Gasteiger partial charge in [-0.05, 0) is 54.4 Å². The number of Topliss-reactive ketones (excluding diaryl/α,β-unsaturated/α-hetero) is 1. The molecule has 2 aromatic carbocycles. The normalized spacial score (nSPS) is 10.6. The van der Waals surface area contributed by atoms with Crippen LogP contribution in [0.15, 0.2) is 71.1 Å². The number of anilines is 1. The summed E-state index contributed by atoms with van der Waals surface area (Å²) in [7, 11) is 0. The Morgan fingerprint density at radius 2 is 1.66 bits per heavy atom. The van der Waals surface area contributed by atoms with E-state index < -0.39 is 12.6 Å². The highest BCUT2D eigenvalue weighted by Crippen LogP contribution is 2.15. The zero-order chi connectivity index (χ0) is 22.9. The van der Waals surface area contributed by atoms with Gasteiger partial charge in [-0.3, -0.25) is 9.59 Å². The van der Waals surface area contributed by atoms with Gasteiger partial charge in [0.15, 0.2) is 12.4 Å². The lowest BCUT2D eigenvalue weighted by atomic mass is 10.1. The monoisotopic (exact) mass is 435 g/mol. The number of hydrogen-bond donors (Lipinski definition) is 1. The van der Waals surface area contributed by atoms with Crippen LogP contribution in [0, 0.1) is 5.92 Å². The zero-order valence-corrected chi connectivity index (χ0v) is 18.0. The molecule has 0 aliphatic carbocycles. The lowest BCUT2D eigenvalue weighted by Gasteiger charge is -2.08. The van der Waals surface area contributed by atoms with E-state index in [9.17, 15) is 14.4 Å². The first kappa shape index (κ1) is 22.8. The first-order chi connectivity index (χ1) is 15.4. The van der Waals surface area contributed by atoms with E-state index in [0.717, 1.165) is 0 Å². The molecule has 3 aromatic rings. The highest BCUT2D eigenvalue weighted by Gasteiger charge is 2.16. The van der Waals surface area contributed by atoms with Gasteiger partial charge in [-0.2, -0.15) is 0 Å². The second-order valence-electron chi connectivity index (χ2n) is 7.59. The highest BCUT2D eigenvalue weighted by molar-refractivity contribution is 5.99. The third-order valence-electron chi connectivity index (χ3n) is 4.41. The van der Waals surface area contributed by atoms with Gasteiger partial charge < -0.3 is 19.2 Å². The SMILES string of the molecule is CC(C)CC(=O)Nc1ccc(C(=O)COC(=O)c2ccc(COc3ccccc3)o2)cc1. The number of esters is 1. The summed E-state index contributed by atoms with van der Waals surface area (Å²) in [5.41, 5.74) is 0.973. The quantitative estimate of drug-likeness (QED) is 0.360. The fourth-order valence-electron chi connectivity index (χ4n) is 2.84. The van der Waals surface area contributed by atoms with Gasteiger partial charge in [0, 0.05) is 17.7 Å². The molecular weight excluding hydrogens is 410 g/mol. The summed E-state index contributed by atoms with van der Waals surface area (Å²) in [5.74, 6) is 0.214. The number of hydrogen-bond acceptors (Lipinski definition) is 6. The number of furan rings is 1. The Morgan fingerprint density at radius 3 is 2.34 bits per heavy atom. The van der Waals surface area contributed by atoms with Crippen molar-refractivity contribution in [2.24, 2.45) is 5.92 Å². The average molecular weight is 435 g/mol. The van der Waals surface area contributed by atoms with E-state index in [1.54, 1.807) is 30.3 Å². The molecule has 0 saturated carbocycles. The number of ketones is 1. The molecule has 3 rings (SSSR count). The number of carbonyl (C=O) groups is 3. The van der Waals surface area contributed by atoms with E-state index in [1.165, 1.54) is 6.07 Å². The maximum atomic E-state index is 12.3. The topological polar surface area (TPSA) is 94.8 Å². The minimum absolute atomic E-state index is 0.00678. The lowest BCUT2D eigenvalue weighted by molar-refractivity contribution is -0.116. The first-order valence-electron chi connectivity index (χ1n) is 10.3. The molecular formula is C25H25NO6. The molecule has 0 atom stereocenters. The van der Waals surface area contributed by atoms with Gasteiger partial charge in [0.25, 0.3) is 0 Å². The molecule has 0 aliphatic heterocycles. The molecule has 166 valence electrons. The highest BCUT2D eigenvalue weighted by atomic mass is 16.5. The molecule has 1 aromatic heterocycles. The predicted octanol–water partition coefficient (Wildman–Crippen LogP) is 4.88. The minimum Gasteiger partial charge on any atom is -0.486 e. The molecule has 1 amide bonds. The standard InChI is InChI=1S/C25H25NO6/c1-17(2)14-24(28)26-19-10-8-18(9-11-19)22(27)16-31-25(29)23-13-12-21(32-23)15-30-20-6-4-3-5-7-20/h3-13,17H,14-16H2,1-2H3,(H,26,28). The summed E-state index contributed by atoms with van der Waals surface area (Å²) in [6, 6.07) is 18.7. The van der Waals surface area contributed by atoms with E-state index in [4.69, 9.17) is 13.9 Å². The number of para-hydroxylation sites is 1. The minimum atomic E-state index is -0.734. The van der Waals surface area contributed by atoms with E-state index in [1.807, 2.05) is 44.2 Å². The van der Waals surface area contributed by atoms with Crippen LogP contribution in [0.5, 0.6) is 5.75 Å². The number of amides is 1. The molecule has 1 heterocycles. The van der Waals surface area contributed by atoms with Gasteiger partial charge in [0.05, 0.1) is 0 Å². The molecule has 32 heavy (non-hydrogen) atoms. The van der Waals surface area contributed by atoms with Gasteiger partial charge >= 0.3 is 5.97 Å². The van der Waals surface area contributed by atoms with Crippen LogP contribution in [0.25, 0.3) is 0 Å². The second kappa shape index (κ2) is 10.9. The summed E-state index contributed by atoms with van der Waals surface area (Å²) in [5, 5.41) is 2.78. The lowest BCUT2D eigenvalue weighted by Crippen LogP contribution is -2.15. The maximum absolute atomic E-state index is 12.3. The Balaban J connectivity index is 1.46. The van der Waals surface area contributed by atoms with E-state index >= 15 is 0 Å². The summed E-state index contributed by atoms with van der Waals surface area (Å²) >= 11 is 0.